The highest BCUT2D eigenvalue weighted by molar-refractivity contribution is 7.99. The Labute approximate surface area is 219 Å². The minimum Gasteiger partial charge on any atom is -0.478 e. The number of thioether (sulfide) groups is 1. The van der Waals surface area contributed by atoms with E-state index in [1.165, 1.54) is 0 Å². The Bertz CT molecular complexity index is 1260. The maximum atomic E-state index is 12.3. The van der Waals surface area contributed by atoms with Crippen LogP contribution in [0.25, 0.3) is 0 Å². The van der Waals surface area contributed by atoms with Gasteiger partial charge < -0.3 is 24.4 Å². The molecule has 2 heterocycles. The molecule has 0 aliphatic carbocycles. The van der Waals surface area contributed by atoms with Gasteiger partial charge in [0, 0.05) is 17.4 Å². The zero-order valence-electron chi connectivity index (χ0n) is 20.2. The van der Waals surface area contributed by atoms with Crippen molar-refractivity contribution in [2.75, 3.05) is 12.4 Å². The predicted octanol–water partition coefficient (Wildman–Crippen LogP) is 5.54. The van der Waals surface area contributed by atoms with Gasteiger partial charge in [-0.15, -0.1) is 11.8 Å². The van der Waals surface area contributed by atoms with E-state index in [9.17, 15) is 19.8 Å². The number of rotatable bonds is 7. The summed E-state index contributed by atoms with van der Waals surface area (Å²) in [6, 6.07) is 23.3. The molecule has 0 spiro atoms. The zero-order valence-corrected chi connectivity index (χ0v) is 21.0. The normalized spacial score (nSPS) is 27.3. The third-order valence-electron chi connectivity index (χ3n) is 6.91. The number of aromatic carboxylic acids is 2. The van der Waals surface area contributed by atoms with E-state index in [2.05, 4.69) is 0 Å². The van der Waals surface area contributed by atoms with Crippen LogP contribution in [0.4, 0.5) is 0 Å². The predicted molar refractivity (Wildman–Crippen MR) is 139 cm³/mol. The van der Waals surface area contributed by atoms with E-state index in [4.69, 9.17) is 14.2 Å². The van der Waals surface area contributed by atoms with E-state index in [-0.39, 0.29) is 17.7 Å². The van der Waals surface area contributed by atoms with Crippen molar-refractivity contribution >= 4 is 23.7 Å². The van der Waals surface area contributed by atoms with Crippen LogP contribution in [0.15, 0.2) is 78.9 Å². The summed E-state index contributed by atoms with van der Waals surface area (Å²) < 4.78 is 19.2. The molecular formula is C29H28O7S. The Morgan fingerprint density at radius 2 is 1.38 bits per heavy atom. The van der Waals surface area contributed by atoms with Gasteiger partial charge in [-0.2, -0.15) is 0 Å². The van der Waals surface area contributed by atoms with Crippen molar-refractivity contribution in [3.05, 3.63) is 107 Å². The average Bonchev–Trinajstić information content (AvgIpc) is 2.92. The fourth-order valence-electron chi connectivity index (χ4n) is 5.38. The first-order valence-electron chi connectivity index (χ1n) is 12.2. The number of hydrogen-bond acceptors (Lipinski definition) is 6. The first-order valence-corrected chi connectivity index (χ1v) is 13.3. The highest BCUT2D eigenvalue weighted by Gasteiger charge is 2.52. The summed E-state index contributed by atoms with van der Waals surface area (Å²) >= 11 is 1.57. The first kappa shape index (κ1) is 25.5. The molecule has 2 fully saturated rings. The average molecular weight is 521 g/mol. The Hall–Kier alpha value is -3.17. The van der Waals surface area contributed by atoms with Crippen LogP contribution in [0.5, 0.6) is 0 Å². The van der Waals surface area contributed by atoms with Crippen molar-refractivity contribution in [3.63, 3.8) is 0 Å². The number of benzene rings is 3. The smallest absolute Gasteiger partial charge is 0.335 e. The topological polar surface area (TPSA) is 102 Å². The molecule has 7 nitrogen and oxygen atoms in total. The monoisotopic (exact) mass is 520 g/mol. The van der Waals surface area contributed by atoms with Crippen molar-refractivity contribution in [2.24, 2.45) is 0 Å². The van der Waals surface area contributed by atoms with Crippen molar-refractivity contribution in [3.8, 4) is 0 Å². The highest BCUT2D eigenvalue weighted by atomic mass is 32.2. The van der Waals surface area contributed by atoms with E-state index in [1.54, 1.807) is 54.2 Å². The molecule has 8 heteroatoms. The largest absolute Gasteiger partial charge is 0.478 e. The van der Waals surface area contributed by atoms with Crippen LogP contribution >= 0.6 is 11.8 Å². The molecule has 6 atom stereocenters. The van der Waals surface area contributed by atoms with Crippen LogP contribution in [0.2, 0.25) is 0 Å². The molecule has 2 N–H and O–H groups in total. The van der Waals surface area contributed by atoms with Gasteiger partial charge in [0.25, 0.3) is 0 Å². The molecule has 2 aliphatic rings. The van der Waals surface area contributed by atoms with Crippen LogP contribution in [0.1, 0.15) is 62.5 Å². The van der Waals surface area contributed by atoms with Gasteiger partial charge in [-0.25, -0.2) is 9.59 Å². The number of carboxylic acid groups (broad SMARTS) is 2. The van der Waals surface area contributed by atoms with Crippen LogP contribution in [-0.4, -0.2) is 52.2 Å². The summed E-state index contributed by atoms with van der Waals surface area (Å²) in [5.74, 6) is -2.33. The Balaban J connectivity index is 1.69. The van der Waals surface area contributed by atoms with Crippen LogP contribution < -0.4 is 0 Å². The molecule has 3 aromatic rings. The Kier molecular flexibility index (Phi) is 7.62. The van der Waals surface area contributed by atoms with Crippen molar-refractivity contribution in [2.45, 2.75) is 42.7 Å². The number of fused-ring (bicyclic) bond motifs is 1. The second-order valence-electron chi connectivity index (χ2n) is 9.01. The van der Waals surface area contributed by atoms with Gasteiger partial charge in [0.05, 0.1) is 23.8 Å². The quantitative estimate of drug-likeness (QED) is 0.419. The molecule has 37 heavy (non-hydrogen) atoms. The van der Waals surface area contributed by atoms with E-state index >= 15 is 0 Å². The second-order valence-corrected chi connectivity index (χ2v) is 10.4. The van der Waals surface area contributed by atoms with Crippen LogP contribution in [-0.2, 0) is 14.2 Å². The first-order chi connectivity index (χ1) is 18.0. The molecule has 0 aromatic heterocycles. The van der Waals surface area contributed by atoms with Gasteiger partial charge >= 0.3 is 11.9 Å². The summed E-state index contributed by atoms with van der Waals surface area (Å²) in [6.45, 7) is 2.28. The van der Waals surface area contributed by atoms with E-state index in [1.807, 2.05) is 43.3 Å². The van der Waals surface area contributed by atoms with Crippen LogP contribution in [0, 0.1) is 0 Å². The zero-order chi connectivity index (χ0) is 25.9. The number of hydrogen-bond donors (Lipinski definition) is 2. The fraction of sp³-hybridized carbons (Fsp3) is 0.310. The van der Waals surface area contributed by atoms with Crippen molar-refractivity contribution in [1.29, 1.82) is 0 Å². The molecule has 192 valence electrons. The lowest BCUT2D eigenvalue weighted by Gasteiger charge is -2.50. The van der Waals surface area contributed by atoms with Gasteiger partial charge in [-0.3, -0.25) is 0 Å². The highest BCUT2D eigenvalue weighted by Crippen LogP contribution is 2.52. The maximum Gasteiger partial charge on any atom is 0.335 e. The number of carbonyl (C=O) groups is 2. The molecule has 2 saturated heterocycles. The standard InChI is InChI=1S/C29H28O7S/c1-2-37-29-24(19-13-7-9-15-21(19)27(32)33)23(18-12-6-8-14-20(18)26(30)31)25-22(35-29)16-34-28(36-25)17-10-4-3-5-11-17/h3-15,22-25,28-29H,2,16H2,1H3,(H,30,31)(H,32,33)/t22-,23-,24+,25+,28-,29+/m1/s1. The molecule has 0 amide bonds. The van der Waals surface area contributed by atoms with Crippen LogP contribution in [0.3, 0.4) is 0 Å². The van der Waals surface area contributed by atoms with Crippen molar-refractivity contribution < 1.29 is 34.0 Å². The SMILES string of the molecule is CCS[C@@H]1O[C@@H]2CO[C@@H](c3ccccc3)O[C@@H]2[C@H](c2ccccc2C(=O)O)[C@@H]1c1ccccc1C(=O)O. The number of carboxylic acids is 2. The molecule has 0 unspecified atom stereocenters. The second kappa shape index (κ2) is 11.1. The summed E-state index contributed by atoms with van der Waals surface area (Å²) in [5, 5.41) is 20.1. The molecule has 0 radical (unpaired) electrons. The lowest BCUT2D eigenvalue weighted by Crippen LogP contribution is -2.54. The fourth-order valence-corrected chi connectivity index (χ4v) is 6.45. The third kappa shape index (κ3) is 5.02. The van der Waals surface area contributed by atoms with Gasteiger partial charge in [-0.1, -0.05) is 73.7 Å². The summed E-state index contributed by atoms with van der Waals surface area (Å²) in [7, 11) is 0. The number of ether oxygens (including phenoxy) is 3. The lowest BCUT2D eigenvalue weighted by molar-refractivity contribution is -0.289. The van der Waals surface area contributed by atoms with Gasteiger partial charge in [0.2, 0.25) is 0 Å². The summed E-state index contributed by atoms with van der Waals surface area (Å²) in [6.07, 6.45) is -1.68. The third-order valence-corrected chi connectivity index (χ3v) is 7.97. The molecule has 0 bridgehead atoms. The Morgan fingerprint density at radius 3 is 1.97 bits per heavy atom. The molecule has 5 rings (SSSR count). The molecule has 2 aliphatic heterocycles. The van der Waals surface area contributed by atoms with Gasteiger partial charge in [0.1, 0.15) is 11.5 Å². The van der Waals surface area contributed by atoms with E-state index in [0.717, 1.165) is 11.3 Å². The minimum absolute atomic E-state index is 0.164. The minimum atomic E-state index is -1.05. The maximum absolute atomic E-state index is 12.3. The molecule has 0 saturated carbocycles. The molecule has 3 aromatic carbocycles. The summed E-state index contributed by atoms with van der Waals surface area (Å²) in [4.78, 5) is 24.6. The van der Waals surface area contributed by atoms with E-state index in [0.29, 0.717) is 11.1 Å². The lowest BCUT2D eigenvalue weighted by atomic mass is 9.72. The van der Waals surface area contributed by atoms with Crippen molar-refractivity contribution in [1.82, 2.24) is 0 Å². The molecular weight excluding hydrogens is 492 g/mol. The van der Waals surface area contributed by atoms with E-state index < -0.39 is 47.7 Å². The van der Waals surface area contributed by atoms with Gasteiger partial charge in [0.15, 0.2) is 6.29 Å². The summed E-state index contributed by atoms with van der Waals surface area (Å²) in [5.41, 5.74) is 1.93. The Morgan fingerprint density at radius 1 is 0.811 bits per heavy atom. The van der Waals surface area contributed by atoms with Gasteiger partial charge in [-0.05, 0) is 29.0 Å².